The van der Waals surface area contributed by atoms with Crippen LogP contribution in [-0.4, -0.2) is 46.9 Å². The highest BCUT2D eigenvalue weighted by Crippen LogP contribution is 2.31. The zero-order chi connectivity index (χ0) is 19.5. The average molecular weight is 363 g/mol. The highest BCUT2D eigenvalue weighted by atomic mass is 16.6. The van der Waals surface area contributed by atoms with Gasteiger partial charge in [-0.25, -0.2) is 9.59 Å². The molecule has 2 rings (SSSR count). The third-order valence-corrected chi connectivity index (χ3v) is 4.09. The average Bonchev–Trinajstić information content (AvgIpc) is 2.52. The number of hydrogen-bond donors (Lipinski definition) is 1. The number of hydrogen-bond acceptors (Lipinski definition) is 4. The summed E-state index contributed by atoms with van der Waals surface area (Å²) in [5.74, 6) is -0.380. The molecule has 1 aromatic rings. The third kappa shape index (κ3) is 5.64. The highest BCUT2D eigenvalue weighted by Gasteiger charge is 2.29. The molecule has 1 saturated heterocycles. The maximum Gasteiger partial charge on any atom is 0.410 e. The number of aromatic carboxylic acids is 1. The van der Waals surface area contributed by atoms with Crippen LogP contribution in [0.3, 0.4) is 0 Å². The van der Waals surface area contributed by atoms with Gasteiger partial charge in [0.15, 0.2) is 0 Å². The second-order valence-electron chi connectivity index (χ2n) is 8.03. The van der Waals surface area contributed by atoms with Crippen molar-refractivity contribution in [3.05, 3.63) is 29.3 Å². The molecule has 1 unspecified atom stereocenters. The third-order valence-electron chi connectivity index (χ3n) is 4.09. The van der Waals surface area contributed by atoms with E-state index in [1.807, 2.05) is 40.7 Å². The number of carbonyl (C=O) groups excluding carboxylic acids is 1. The highest BCUT2D eigenvalue weighted by molar-refractivity contribution is 5.88. The molecule has 1 atom stereocenters. The van der Waals surface area contributed by atoms with Gasteiger partial charge in [0.25, 0.3) is 0 Å². The van der Waals surface area contributed by atoms with Gasteiger partial charge >= 0.3 is 12.1 Å². The van der Waals surface area contributed by atoms with E-state index in [4.69, 9.17) is 9.47 Å². The summed E-state index contributed by atoms with van der Waals surface area (Å²) in [6.07, 6.45) is 1.37. The Labute approximate surface area is 155 Å². The van der Waals surface area contributed by atoms with Crippen LogP contribution in [0.5, 0.6) is 5.75 Å². The largest absolute Gasteiger partial charge is 0.491 e. The zero-order valence-corrected chi connectivity index (χ0v) is 16.2. The molecule has 1 aromatic carbocycles. The van der Waals surface area contributed by atoms with Crippen LogP contribution in [0.1, 0.15) is 69.3 Å². The number of piperidine rings is 1. The monoisotopic (exact) mass is 363 g/mol. The van der Waals surface area contributed by atoms with E-state index in [1.54, 1.807) is 17.0 Å². The first-order valence-electron chi connectivity index (χ1n) is 9.08. The van der Waals surface area contributed by atoms with Gasteiger partial charge in [0.2, 0.25) is 0 Å². The van der Waals surface area contributed by atoms with Gasteiger partial charge in [-0.15, -0.1) is 0 Å². The van der Waals surface area contributed by atoms with Crippen LogP contribution in [0.25, 0.3) is 0 Å². The van der Waals surface area contributed by atoms with Crippen LogP contribution in [0.4, 0.5) is 4.79 Å². The van der Waals surface area contributed by atoms with Crippen LogP contribution in [-0.2, 0) is 4.74 Å². The minimum atomic E-state index is -0.986. The summed E-state index contributed by atoms with van der Waals surface area (Å²) < 4.78 is 11.2. The number of carboxylic acid groups (broad SMARTS) is 1. The van der Waals surface area contributed by atoms with Gasteiger partial charge in [-0.2, -0.15) is 0 Å². The van der Waals surface area contributed by atoms with Crippen molar-refractivity contribution in [2.75, 3.05) is 13.1 Å². The summed E-state index contributed by atoms with van der Waals surface area (Å²) in [7, 11) is 0. The lowest BCUT2D eigenvalue weighted by atomic mass is 9.89. The lowest BCUT2D eigenvalue weighted by Gasteiger charge is -2.34. The van der Waals surface area contributed by atoms with E-state index in [2.05, 4.69) is 0 Å². The van der Waals surface area contributed by atoms with Gasteiger partial charge in [0.1, 0.15) is 11.4 Å². The normalized spacial score (nSPS) is 17.9. The van der Waals surface area contributed by atoms with Crippen molar-refractivity contribution < 1.29 is 24.2 Å². The molecule has 6 nitrogen and oxygen atoms in total. The summed E-state index contributed by atoms with van der Waals surface area (Å²) in [5.41, 5.74) is 0.548. The number of rotatable bonds is 4. The molecule has 1 fully saturated rings. The second kappa shape index (κ2) is 7.98. The number of carbonyl (C=O) groups is 2. The van der Waals surface area contributed by atoms with Crippen molar-refractivity contribution in [2.24, 2.45) is 0 Å². The lowest BCUT2D eigenvalue weighted by Crippen LogP contribution is -2.42. The van der Waals surface area contributed by atoms with Crippen LogP contribution >= 0.6 is 0 Å². The van der Waals surface area contributed by atoms with E-state index in [1.165, 1.54) is 0 Å². The van der Waals surface area contributed by atoms with Crippen molar-refractivity contribution in [2.45, 2.75) is 65.1 Å². The first-order chi connectivity index (χ1) is 12.0. The van der Waals surface area contributed by atoms with Gasteiger partial charge in [0.05, 0.1) is 11.7 Å². The quantitative estimate of drug-likeness (QED) is 0.864. The summed E-state index contributed by atoms with van der Waals surface area (Å²) in [5, 5.41) is 9.39. The molecule has 0 spiro atoms. The van der Waals surface area contributed by atoms with Crippen LogP contribution in [0.15, 0.2) is 18.2 Å². The predicted octanol–water partition coefficient (Wildman–Crippen LogP) is 4.29. The fourth-order valence-corrected chi connectivity index (χ4v) is 3.06. The molecule has 0 saturated carbocycles. The standard InChI is InChI=1S/C20H29NO5/c1-13(2)25-17-10-15(9-16(11-17)18(22)23)14-7-6-8-21(12-14)19(24)26-20(3,4)5/h9-11,13-14H,6-8,12H2,1-5H3,(H,22,23). The van der Waals surface area contributed by atoms with E-state index in [0.29, 0.717) is 18.8 Å². The predicted molar refractivity (Wildman–Crippen MR) is 98.9 cm³/mol. The number of ether oxygens (including phenoxy) is 2. The van der Waals surface area contributed by atoms with E-state index in [0.717, 1.165) is 18.4 Å². The van der Waals surface area contributed by atoms with Crippen molar-refractivity contribution in [3.8, 4) is 5.75 Å². The molecule has 1 aliphatic rings. The number of amides is 1. The smallest absolute Gasteiger partial charge is 0.410 e. The Kier molecular flexibility index (Phi) is 6.16. The summed E-state index contributed by atoms with van der Waals surface area (Å²) in [6.45, 7) is 10.5. The molecular formula is C20H29NO5. The van der Waals surface area contributed by atoms with Crippen molar-refractivity contribution in [1.82, 2.24) is 4.90 Å². The zero-order valence-electron chi connectivity index (χ0n) is 16.2. The molecule has 26 heavy (non-hydrogen) atoms. The number of carboxylic acids is 1. The molecule has 0 aromatic heterocycles. The van der Waals surface area contributed by atoms with Crippen LogP contribution < -0.4 is 4.74 Å². The fourth-order valence-electron chi connectivity index (χ4n) is 3.06. The lowest BCUT2D eigenvalue weighted by molar-refractivity contribution is 0.0198. The van der Waals surface area contributed by atoms with Crippen LogP contribution in [0.2, 0.25) is 0 Å². The second-order valence-corrected chi connectivity index (χ2v) is 8.03. The molecule has 0 aliphatic carbocycles. The SMILES string of the molecule is CC(C)Oc1cc(C(=O)O)cc(C2CCCN(C(=O)OC(C)(C)C)C2)c1. The van der Waals surface area contributed by atoms with Crippen molar-refractivity contribution in [1.29, 1.82) is 0 Å². The number of likely N-dealkylation sites (tertiary alicyclic amines) is 1. The molecule has 0 radical (unpaired) electrons. The molecule has 1 N–H and O–H groups in total. The molecular weight excluding hydrogens is 334 g/mol. The first kappa shape index (κ1) is 20.1. The van der Waals surface area contributed by atoms with E-state index in [9.17, 15) is 14.7 Å². The molecule has 6 heteroatoms. The van der Waals surface area contributed by atoms with Gasteiger partial charge in [-0.1, -0.05) is 0 Å². The minimum absolute atomic E-state index is 0.0449. The van der Waals surface area contributed by atoms with Crippen molar-refractivity contribution >= 4 is 12.1 Å². The minimum Gasteiger partial charge on any atom is -0.491 e. The molecule has 1 heterocycles. The van der Waals surface area contributed by atoms with E-state index in [-0.39, 0.29) is 23.7 Å². The van der Waals surface area contributed by atoms with E-state index >= 15 is 0 Å². The molecule has 1 amide bonds. The van der Waals surface area contributed by atoms with Gasteiger partial charge < -0.3 is 19.5 Å². The number of nitrogens with zero attached hydrogens (tertiary/aromatic N) is 1. The molecule has 0 bridgehead atoms. The molecule has 1 aliphatic heterocycles. The maximum absolute atomic E-state index is 12.4. The Hall–Kier alpha value is -2.24. The Morgan fingerprint density at radius 1 is 1.23 bits per heavy atom. The fraction of sp³-hybridized carbons (Fsp3) is 0.600. The van der Waals surface area contributed by atoms with Crippen LogP contribution in [0, 0.1) is 0 Å². The van der Waals surface area contributed by atoms with Crippen molar-refractivity contribution in [3.63, 3.8) is 0 Å². The first-order valence-corrected chi connectivity index (χ1v) is 9.08. The summed E-state index contributed by atoms with van der Waals surface area (Å²) in [4.78, 5) is 25.5. The van der Waals surface area contributed by atoms with Gasteiger partial charge in [0, 0.05) is 19.0 Å². The topological polar surface area (TPSA) is 76.1 Å². The maximum atomic E-state index is 12.4. The Morgan fingerprint density at radius 3 is 2.50 bits per heavy atom. The number of benzene rings is 1. The Balaban J connectivity index is 2.22. The van der Waals surface area contributed by atoms with Gasteiger partial charge in [-0.3, -0.25) is 0 Å². The Bertz CT molecular complexity index is 663. The van der Waals surface area contributed by atoms with E-state index < -0.39 is 11.6 Å². The summed E-state index contributed by atoms with van der Waals surface area (Å²) >= 11 is 0. The summed E-state index contributed by atoms with van der Waals surface area (Å²) in [6, 6.07) is 5.11. The van der Waals surface area contributed by atoms with Gasteiger partial charge in [-0.05, 0) is 71.2 Å². The Morgan fingerprint density at radius 2 is 1.92 bits per heavy atom. The molecule has 144 valence electrons.